The first kappa shape index (κ1) is 15.7. The van der Waals surface area contributed by atoms with Crippen molar-refractivity contribution in [3.05, 3.63) is 59.4 Å². The van der Waals surface area contributed by atoms with E-state index in [1.807, 2.05) is 24.3 Å². The number of anilines is 1. The fourth-order valence-electron chi connectivity index (χ4n) is 2.11. The van der Waals surface area contributed by atoms with Crippen LogP contribution in [0, 0.1) is 0 Å². The number of rotatable bonds is 3. The lowest BCUT2D eigenvalue weighted by atomic mass is 9.86. The van der Waals surface area contributed by atoms with Gasteiger partial charge in [-0.2, -0.15) is 0 Å². The van der Waals surface area contributed by atoms with E-state index in [1.54, 1.807) is 0 Å². The molecule has 2 amide bonds. The van der Waals surface area contributed by atoms with E-state index < -0.39 is 5.91 Å². The molecule has 0 unspecified atom stereocenters. The number of carbonyl (C=O) groups excluding carboxylic acids is 2. The third-order valence-corrected chi connectivity index (χ3v) is 3.26. The number of carbonyl (C=O) groups is 2. The van der Waals surface area contributed by atoms with Crippen LogP contribution in [-0.4, -0.2) is 16.8 Å². The maximum absolute atomic E-state index is 12.3. The van der Waals surface area contributed by atoms with Gasteiger partial charge in [-0.1, -0.05) is 39.0 Å². The largest absolute Gasteiger partial charge is 0.364 e. The van der Waals surface area contributed by atoms with E-state index in [0.717, 1.165) is 11.3 Å². The lowest BCUT2D eigenvalue weighted by Crippen LogP contribution is -2.19. The van der Waals surface area contributed by atoms with Crippen molar-refractivity contribution in [2.75, 3.05) is 5.32 Å². The summed E-state index contributed by atoms with van der Waals surface area (Å²) in [6.07, 6.45) is 1.34. The van der Waals surface area contributed by atoms with Gasteiger partial charge in [-0.05, 0) is 29.2 Å². The Kier molecular flexibility index (Phi) is 4.26. The van der Waals surface area contributed by atoms with Crippen molar-refractivity contribution in [3.8, 4) is 0 Å². The smallest absolute Gasteiger partial charge is 0.267 e. The number of nitrogens with zero attached hydrogens (tertiary/aromatic N) is 1. The Balaban J connectivity index is 2.24. The minimum atomic E-state index is -0.620. The standard InChI is InChI=1S/C17H19N3O2/c1-17(2,3)12-6-4-5-7-13(12)20-16(22)11-8-9-14(15(18)21)19-10-11/h4-10H,1-3H3,(H2,18,21)(H,20,22). The minimum Gasteiger partial charge on any atom is -0.364 e. The lowest BCUT2D eigenvalue weighted by molar-refractivity contribution is 0.0990. The highest BCUT2D eigenvalue weighted by molar-refractivity contribution is 6.05. The third kappa shape index (κ3) is 3.49. The number of pyridine rings is 1. The Hall–Kier alpha value is -2.69. The van der Waals surface area contributed by atoms with Crippen LogP contribution in [0.25, 0.3) is 0 Å². The molecule has 0 fully saturated rings. The van der Waals surface area contributed by atoms with Gasteiger partial charge in [-0.15, -0.1) is 0 Å². The molecular formula is C17H19N3O2. The monoisotopic (exact) mass is 297 g/mol. The highest BCUT2D eigenvalue weighted by atomic mass is 16.2. The van der Waals surface area contributed by atoms with Crippen LogP contribution >= 0.6 is 0 Å². The van der Waals surface area contributed by atoms with E-state index >= 15 is 0 Å². The van der Waals surface area contributed by atoms with Crippen molar-refractivity contribution in [2.45, 2.75) is 26.2 Å². The van der Waals surface area contributed by atoms with Crippen LogP contribution < -0.4 is 11.1 Å². The molecule has 1 heterocycles. The number of hydrogen-bond donors (Lipinski definition) is 2. The van der Waals surface area contributed by atoms with Gasteiger partial charge in [0.15, 0.2) is 0 Å². The fraction of sp³-hybridized carbons (Fsp3) is 0.235. The number of nitrogens with one attached hydrogen (secondary N) is 1. The molecule has 0 aliphatic heterocycles. The van der Waals surface area contributed by atoms with E-state index in [4.69, 9.17) is 5.73 Å². The van der Waals surface area contributed by atoms with E-state index in [2.05, 4.69) is 31.1 Å². The van der Waals surface area contributed by atoms with Crippen molar-refractivity contribution in [2.24, 2.45) is 5.73 Å². The molecule has 5 heteroatoms. The van der Waals surface area contributed by atoms with E-state index in [1.165, 1.54) is 18.3 Å². The molecule has 2 rings (SSSR count). The summed E-state index contributed by atoms with van der Waals surface area (Å²) in [7, 11) is 0. The molecule has 2 aromatic rings. The van der Waals surface area contributed by atoms with Crippen molar-refractivity contribution in [1.29, 1.82) is 0 Å². The zero-order valence-electron chi connectivity index (χ0n) is 12.9. The molecule has 114 valence electrons. The topological polar surface area (TPSA) is 85.1 Å². The SMILES string of the molecule is CC(C)(C)c1ccccc1NC(=O)c1ccc(C(N)=O)nc1. The number of nitrogens with two attached hydrogens (primary N) is 1. The average molecular weight is 297 g/mol. The van der Waals surface area contributed by atoms with Crippen LogP contribution in [0.15, 0.2) is 42.6 Å². The minimum absolute atomic E-state index is 0.0854. The zero-order chi connectivity index (χ0) is 16.3. The van der Waals surface area contributed by atoms with Crippen LogP contribution in [-0.2, 0) is 5.41 Å². The fourth-order valence-corrected chi connectivity index (χ4v) is 2.11. The maximum Gasteiger partial charge on any atom is 0.267 e. The number of benzene rings is 1. The van der Waals surface area contributed by atoms with Crippen molar-refractivity contribution in [1.82, 2.24) is 4.98 Å². The van der Waals surface area contributed by atoms with Crippen LogP contribution in [0.4, 0.5) is 5.69 Å². The first-order valence-corrected chi connectivity index (χ1v) is 6.96. The summed E-state index contributed by atoms with van der Waals surface area (Å²) in [5.74, 6) is -0.898. The average Bonchev–Trinajstić information content (AvgIpc) is 2.46. The van der Waals surface area contributed by atoms with Gasteiger partial charge >= 0.3 is 0 Å². The predicted molar refractivity (Wildman–Crippen MR) is 85.9 cm³/mol. The Morgan fingerprint density at radius 1 is 1.09 bits per heavy atom. The van der Waals surface area contributed by atoms with Gasteiger partial charge in [-0.25, -0.2) is 0 Å². The summed E-state index contributed by atoms with van der Waals surface area (Å²) < 4.78 is 0. The van der Waals surface area contributed by atoms with E-state index in [9.17, 15) is 9.59 Å². The highest BCUT2D eigenvalue weighted by Crippen LogP contribution is 2.29. The molecule has 1 aromatic carbocycles. The van der Waals surface area contributed by atoms with Crippen LogP contribution in [0.1, 0.15) is 47.2 Å². The van der Waals surface area contributed by atoms with Gasteiger partial charge in [0.25, 0.3) is 11.8 Å². The lowest BCUT2D eigenvalue weighted by Gasteiger charge is -2.23. The Morgan fingerprint density at radius 2 is 1.77 bits per heavy atom. The summed E-state index contributed by atoms with van der Waals surface area (Å²) in [4.78, 5) is 27.2. The Labute approximate surface area is 129 Å². The summed E-state index contributed by atoms with van der Waals surface area (Å²) in [6, 6.07) is 10.6. The first-order chi connectivity index (χ1) is 10.3. The van der Waals surface area contributed by atoms with Crippen molar-refractivity contribution >= 4 is 17.5 Å². The molecule has 0 radical (unpaired) electrons. The second-order valence-corrected chi connectivity index (χ2v) is 6.05. The summed E-state index contributed by atoms with van der Waals surface area (Å²) in [5, 5.41) is 2.89. The van der Waals surface area contributed by atoms with Crippen LogP contribution in [0.2, 0.25) is 0 Å². The molecular weight excluding hydrogens is 278 g/mol. The van der Waals surface area contributed by atoms with Crippen LogP contribution in [0.3, 0.4) is 0 Å². The second kappa shape index (κ2) is 5.97. The quantitative estimate of drug-likeness (QED) is 0.913. The molecule has 0 atom stereocenters. The van der Waals surface area contributed by atoms with Gasteiger partial charge in [-0.3, -0.25) is 14.6 Å². The molecule has 0 saturated heterocycles. The second-order valence-electron chi connectivity index (χ2n) is 6.05. The molecule has 1 aromatic heterocycles. The first-order valence-electron chi connectivity index (χ1n) is 6.96. The molecule has 0 spiro atoms. The van der Waals surface area contributed by atoms with Crippen LogP contribution in [0.5, 0.6) is 0 Å². The van der Waals surface area contributed by atoms with Gasteiger partial charge in [0.05, 0.1) is 5.56 Å². The summed E-state index contributed by atoms with van der Waals surface area (Å²) in [6.45, 7) is 6.25. The van der Waals surface area contributed by atoms with Crippen molar-refractivity contribution < 1.29 is 9.59 Å². The van der Waals surface area contributed by atoms with Gasteiger partial charge in [0.1, 0.15) is 5.69 Å². The highest BCUT2D eigenvalue weighted by Gasteiger charge is 2.19. The summed E-state index contributed by atoms with van der Waals surface area (Å²) in [5.41, 5.74) is 7.35. The van der Waals surface area contributed by atoms with Gasteiger partial charge in [0, 0.05) is 11.9 Å². The molecule has 0 aliphatic carbocycles. The van der Waals surface area contributed by atoms with E-state index in [0.29, 0.717) is 5.56 Å². The van der Waals surface area contributed by atoms with E-state index in [-0.39, 0.29) is 17.0 Å². The maximum atomic E-state index is 12.3. The van der Waals surface area contributed by atoms with Gasteiger partial charge in [0.2, 0.25) is 0 Å². The Morgan fingerprint density at radius 3 is 2.32 bits per heavy atom. The van der Waals surface area contributed by atoms with Gasteiger partial charge < -0.3 is 11.1 Å². The molecule has 0 saturated carbocycles. The molecule has 5 nitrogen and oxygen atoms in total. The third-order valence-electron chi connectivity index (χ3n) is 3.26. The molecule has 3 N–H and O–H groups in total. The number of hydrogen-bond acceptors (Lipinski definition) is 3. The number of para-hydroxylation sites is 1. The predicted octanol–water partition coefficient (Wildman–Crippen LogP) is 2.73. The number of aromatic nitrogens is 1. The van der Waals surface area contributed by atoms with Crippen molar-refractivity contribution in [3.63, 3.8) is 0 Å². The normalized spacial score (nSPS) is 11.0. The summed E-state index contributed by atoms with van der Waals surface area (Å²) >= 11 is 0. The molecule has 0 aliphatic rings. The number of amides is 2. The molecule has 0 bridgehead atoms. The zero-order valence-corrected chi connectivity index (χ0v) is 12.9. The molecule has 22 heavy (non-hydrogen) atoms. The Bertz CT molecular complexity index is 701. The number of primary amides is 1.